The molecule has 0 fully saturated rings. The van der Waals surface area contributed by atoms with Gasteiger partial charge < -0.3 is 10.4 Å². The van der Waals surface area contributed by atoms with E-state index in [-0.39, 0.29) is 23.7 Å². The first-order chi connectivity index (χ1) is 9.72. The Hall–Kier alpha value is -1.96. The lowest BCUT2D eigenvalue weighted by Gasteiger charge is -2.16. The number of nitrogens with one attached hydrogen (secondary N) is 1. The number of carboxylic acid groups (broad SMARTS) is 1. The molecule has 0 radical (unpaired) electrons. The Morgan fingerprint density at radius 2 is 2.00 bits per heavy atom. The van der Waals surface area contributed by atoms with Gasteiger partial charge in [0.15, 0.2) is 0 Å². The summed E-state index contributed by atoms with van der Waals surface area (Å²) in [5.41, 5.74) is -0.114. The van der Waals surface area contributed by atoms with Crippen molar-refractivity contribution in [3.05, 3.63) is 38.3 Å². The van der Waals surface area contributed by atoms with Gasteiger partial charge in [-0.1, -0.05) is 29.8 Å². The first-order valence-electron chi connectivity index (χ1n) is 6.18. The van der Waals surface area contributed by atoms with E-state index >= 15 is 0 Å². The number of benzene rings is 1. The number of carboxylic acids is 1. The van der Waals surface area contributed by atoms with Crippen LogP contribution in [0.3, 0.4) is 0 Å². The number of nitro groups is 1. The Balaban J connectivity index is 2.85. The molecular formula is C13H15BrN2O5. The molecule has 1 atom stereocenters. The molecule has 8 heteroatoms. The van der Waals surface area contributed by atoms with E-state index in [9.17, 15) is 19.7 Å². The fraction of sp³-hybridized carbons (Fsp3) is 0.385. The summed E-state index contributed by atoms with van der Waals surface area (Å²) < 4.78 is 0.403. The fourth-order valence-corrected chi connectivity index (χ4v) is 2.20. The van der Waals surface area contributed by atoms with Gasteiger partial charge >= 0.3 is 5.97 Å². The van der Waals surface area contributed by atoms with Crippen LogP contribution in [-0.4, -0.2) is 28.5 Å². The molecule has 21 heavy (non-hydrogen) atoms. The summed E-state index contributed by atoms with van der Waals surface area (Å²) in [7, 11) is 0. The van der Waals surface area contributed by atoms with Crippen LogP contribution in [0.25, 0.3) is 0 Å². The third-order valence-electron chi connectivity index (χ3n) is 2.96. The van der Waals surface area contributed by atoms with Gasteiger partial charge in [-0.15, -0.1) is 0 Å². The number of nitrogens with zero attached hydrogens (tertiary/aromatic N) is 1. The quantitative estimate of drug-likeness (QED) is 0.599. The summed E-state index contributed by atoms with van der Waals surface area (Å²) in [6.45, 7) is 3.45. The van der Waals surface area contributed by atoms with Gasteiger partial charge in [-0.25, -0.2) is 0 Å². The van der Waals surface area contributed by atoms with Crippen molar-refractivity contribution >= 4 is 33.5 Å². The van der Waals surface area contributed by atoms with E-state index in [1.54, 1.807) is 13.8 Å². The summed E-state index contributed by atoms with van der Waals surface area (Å²) in [6, 6.07) is 3.86. The highest BCUT2D eigenvalue weighted by Gasteiger charge is 2.22. The number of carbonyl (C=O) groups is 2. The second-order valence-corrected chi connectivity index (χ2v) is 5.77. The zero-order chi connectivity index (χ0) is 16.2. The number of nitro benzene ring substituents is 1. The average Bonchev–Trinajstić information content (AvgIpc) is 2.36. The van der Waals surface area contributed by atoms with E-state index in [1.165, 1.54) is 12.1 Å². The first kappa shape index (κ1) is 17.1. The Morgan fingerprint density at radius 3 is 2.48 bits per heavy atom. The monoisotopic (exact) mass is 358 g/mol. The minimum absolute atomic E-state index is 0.0356. The third kappa shape index (κ3) is 4.82. The number of halogens is 1. The van der Waals surface area contributed by atoms with Crippen LogP contribution >= 0.6 is 15.9 Å². The molecule has 0 spiro atoms. The van der Waals surface area contributed by atoms with E-state index in [1.807, 2.05) is 0 Å². The van der Waals surface area contributed by atoms with Crippen LogP contribution < -0.4 is 5.32 Å². The Morgan fingerprint density at radius 1 is 1.38 bits per heavy atom. The SMILES string of the molecule is CC(C)C(CNC(=O)c1cc(Br)cc([N+](=O)[O-])c1)C(=O)O. The maximum Gasteiger partial charge on any atom is 0.308 e. The van der Waals surface area contributed by atoms with E-state index in [4.69, 9.17) is 5.11 Å². The number of aliphatic carboxylic acids is 1. The van der Waals surface area contributed by atoms with Crippen LogP contribution in [0, 0.1) is 22.0 Å². The van der Waals surface area contributed by atoms with Crippen LogP contribution in [0.5, 0.6) is 0 Å². The molecule has 0 bridgehead atoms. The van der Waals surface area contributed by atoms with Gasteiger partial charge in [0, 0.05) is 28.7 Å². The molecule has 0 aliphatic carbocycles. The van der Waals surface area contributed by atoms with Gasteiger partial charge in [0.05, 0.1) is 10.8 Å². The second-order valence-electron chi connectivity index (χ2n) is 4.85. The molecule has 1 rings (SSSR count). The number of hydrogen-bond donors (Lipinski definition) is 2. The predicted molar refractivity (Wildman–Crippen MR) is 79.1 cm³/mol. The Kier molecular flexibility index (Phi) is 5.83. The van der Waals surface area contributed by atoms with Crippen molar-refractivity contribution in [3.63, 3.8) is 0 Å². The highest BCUT2D eigenvalue weighted by molar-refractivity contribution is 9.10. The number of rotatable bonds is 6. The lowest BCUT2D eigenvalue weighted by atomic mass is 9.96. The second kappa shape index (κ2) is 7.16. The number of amides is 1. The molecule has 0 heterocycles. The lowest BCUT2D eigenvalue weighted by molar-refractivity contribution is -0.385. The summed E-state index contributed by atoms with van der Waals surface area (Å²) in [5, 5.41) is 22.3. The zero-order valence-electron chi connectivity index (χ0n) is 11.5. The molecular weight excluding hydrogens is 344 g/mol. The van der Waals surface area contributed by atoms with E-state index < -0.39 is 22.7 Å². The summed E-state index contributed by atoms with van der Waals surface area (Å²) in [4.78, 5) is 33.2. The van der Waals surface area contributed by atoms with E-state index in [2.05, 4.69) is 21.2 Å². The molecule has 2 N–H and O–H groups in total. The Bertz CT molecular complexity index is 574. The van der Waals surface area contributed by atoms with Gasteiger partial charge in [0.2, 0.25) is 0 Å². The van der Waals surface area contributed by atoms with Crippen LogP contribution in [0.1, 0.15) is 24.2 Å². The smallest absolute Gasteiger partial charge is 0.308 e. The fourth-order valence-electron chi connectivity index (χ4n) is 1.72. The summed E-state index contributed by atoms with van der Waals surface area (Å²) in [5.74, 6) is -2.40. The van der Waals surface area contributed by atoms with Gasteiger partial charge in [-0.05, 0) is 12.0 Å². The molecule has 0 aliphatic rings. The van der Waals surface area contributed by atoms with Gasteiger partial charge in [-0.3, -0.25) is 19.7 Å². The van der Waals surface area contributed by atoms with Crippen LogP contribution in [0.15, 0.2) is 22.7 Å². The van der Waals surface area contributed by atoms with Crippen molar-refractivity contribution in [3.8, 4) is 0 Å². The Labute approximate surface area is 129 Å². The largest absolute Gasteiger partial charge is 0.481 e. The molecule has 0 saturated carbocycles. The highest BCUT2D eigenvalue weighted by Crippen LogP contribution is 2.21. The minimum atomic E-state index is -0.995. The third-order valence-corrected chi connectivity index (χ3v) is 3.42. The molecule has 0 saturated heterocycles. The highest BCUT2D eigenvalue weighted by atomic mass is 79.9. The van der Waals surface area contributed by atoms with Crippen molar-refractivity contribution < 1.29 is 19.6 Å². The lowest BCUT2D eigenvalue weighted by Crippen LogP contribution is -2.35. The predicted octanol–water partition coefficient (Wildman–Crippen LogP) is 2.44. The number of hydrogen-bond acceptors (Lipinski definition) is 4. The van der Waals surface area contributed by atoms with E-state index in [0.717, 1.165) is 6.07 Å². The van der Waals surface area contributed by atoms with Crippen molar-refractivity contribution in [2.45, 2.75) is 13.8 Å². The number of non-ortho nitro benzene ring substituents is 1. The maximum atomic E-state index is 12.0. The van der Waals surface area contributed by atoms with Gasteiger partial charge in [-0.2, -0.15) is 0 Å². The minimum Gasteiger partial charge on any atom is -0.481 e. The van der Waals surface area contributed by atoms with Crippen molar-refractivity contribution in [1.29, 1.82) is 0 Å². The molecule has 1 unspecified atom stereocenters. The zero-order valence-corrected chi connectivity index (χ0v) is 13.1. The summed E-state index contributed by atoms with van der Waals surface area (Å²) in [6.07, 6.45) is 0. The molecule has 1 aromatic carbocycles. The van der Waals surface area contributed by atoms with Gasteiger partial charge in [0.1, 0.15) is 0 Å². The van der Waals surface area contributed by atoms with Gasteiger partial charge in [0.25, 0.3) is 11.6 Å². The molecule has 114 valence electrons. The summed E-state index contributed by atoms with van der Waals surface area (Å²) >= 11 is 3.10. The average molecular weight is 359 g/mol. The van der Waals surface area contributed by atoms with E-state index in [0.29, 0.717) is 4.47 Å². The normalized spacial score (nSPS) is 12.0. The topological polar surface area (TPSA) is 110 Å². The number of carbonyl (C=O) groups excluding carboxylic acids is 1. The van der Waals surface area contributed by atoms with Crippen LogP contribution in [-0.2, 0) is 4.79 Å². The molecule has 0 aliphatic heterocycles. The molecule has 1 amide bonds. The van der Waals surface area contributed by atoms with Crippen molar-refractivity contribution in [1.82, 2.24) is 5.32 Å². The van der Waals surface area contributed by atoms with Crippen molar-refractivity contribution in [2.75, 3.05) is 6.54 Å². The standard InChI is InChI=1S/C13H15BrN2O5/c1-7(2)11(13(18)19)6-15-12(17)8-3-9(14)5-10(4-8)16(20)21/h3-5,7,11H,6H2,1-2H3,(H,15,17)(H,18,19). The molecule has 7 nitrogen and oxygen atoms in total. The molecule has 0 aromatic heterocycles. The molecule has 1 aromatic rings. The van der Waals surface area contributed by atoms with Crippen LogP contribution in [0.4, 0.5) is 5.69 Å². The first-order valence-corrected chi connectivity index (χ1v) is 6.97. The van der Waals surface area contributed by atoms with Crippen molar-refractivity contribution in [2.24, 2.45) is 11.8 Å². The van der Waals surface area contributed by atoms with Crippen LogP contribution in [0.2, 0.25) is 0 Å². The maximum absolute atomic E-state index is 12.0.